The molecule has 1 aliphatic carbocycles. The fourth-order valence-corrected chi connectivity index (χ4v) is 10.2. The predicted octanol–water partition coefficient (Wildman–Crippen LogP) is 5.31. The van der Waals surface area contributed by atoms with Gasteiger partial charge in [0.15, 0.2) is 18.2 Å². The fourth-order valence-electron chi connectivity index (χ4n) is 4.32. The average Bonchev–Trinajstić information content (AvgIpc) is 2.38. The van der Waals surface area contributed by atoms with E-state index in [1.165, 1.54) is 11.7 Å². The van der Waals surface area contributed by atoms with E-state index in [-0.39, 0.29) is 5.41 Å². The zero-order valence-electron chi connectivity index (χ0n) is 16.9. The molecule has 0 aliphatic heterocycles. The van der Waals surface area contributed by atoms with E-state index in [1.807, 2.05) is 0 Å². The summed E-state index contributed by atoms with van der Waals surface area (Å²) in [5, 5.41) is 1.20. The number of allylic oxidation sites excluding steroid dienone is 1. The van der Waals surface area contributed by atoms with Gasteiger partial charge >= 0.3 is 0 Å². The molecule has 1 rings (SSSR count). The van der Waals surface area contributed by atoms with Gasteiger partial charge in [-0.15, -0.1) is 5.73 Å². The molecule has 140 valence electrons. The van der Waals surface area contributed by atoms with Crippen LogP contribution in [-0.4, -0.2) is 29.6 Å². The van der Waals surface area contributed by atoms with Crippen LogP contribution in [0.3, 0.4) is 0 Å². The first-order valence-electron chi connectivity index (χ1n) is 9.05. The van der Waals surface area contributed by atoms with Gasteiger partial charge in [-0.2, -0.15) is 0 Å². The van der Waals surface area contributed by atoms with Crippen molar-refractivity contribution in [1.29, 1.82) is 0 Å². The first kappa shape index (κ1) is 21.7. The molecule has 1 unspecified atom stereocenters. The third-order valence-corrected chi connectivity index (χ3v) is 12.6. The lowest BCUT2D eigenvalue weighted by Gasteiger charge is -2.49. The Kier molecular flexibility index (Phi) is 6.77. The number of hydrogen-bond donors (Lipinski definition) is 0. The molecule has 0 aromatic carbocycles. The molecule has 0 bridgehead atoms. The molecule has 1 aliphatic rings. The van der Waals surface area contributed by atoms with Crippen molar-refractivity contribution in [2.75, 3.05) is 12.9 Å². The largest absolute Gasteiger partial charge is 0.416 e. The molecule has 24 heavy (non-hydrogen) atoms. The maximum Gasteiger partial charge on any atom is 0.200 e. The lowest BCUT2D eigenvalue weighted by Crippen LogP contribution is -2.51. The van der Waals surface area contributed by atoms with Crippen molar-refractivity contribution in [1.82, 2.24) is 0 Å². The quantitative estimate of drug-likeness (QED) is 0.449. The Morgan fingerprint density at radius 2 is 1.62 bits per heavy atom. The summed E-state index contributed by atoms with van der Waals surface area (Å²) in [6.07, 6.45) is 2.10. The Balaban J connectivity index is 2.91. The van der Waals surface area contributed by atoms with Crippen LogP contribution in [0.2, 0.25) is 16.6 Å². The smallest absolute Gasteiger partial charge is 0.200 e. The minimum absolute atomic E-state index is 0.0354. The van der Waals surface area contributed by atoms with E-state index in [4.69, 9.17) is 4.43 Å². The van der Waals surface area contributed by atoms with Gasteiger partial charge in [0.25, 0.3) is 0 Å². The lowest BCUT2D eigenvalue weighted by atomic mass is 9.59. The van der Waals surface area contributed by atoms with E-state index in [0.717, 1.165) is 18.6 Å². The minimum atomic E-state index is -3.11. The molecule has 3 nitrogen and oxygen atoms in total. The highest BCUT2D eigenvalue weighted by atomic mass is 32.2. The molecule has 0 amide bonds. The van der Waals surface area contributed by atoms with Crippen LogP contribution in [0.1, 0.15) is 61.8 Å². The van der Waals surface area contributed by atoms with Crippen LogP contribution in [0.5, 0.6) is 0 Å². The summed E-state index contributed by atoms with van der Waals surface area (Å²) in [4.78, 5) is 0. The van der Waals surface area contributed by atoms with E-state index in [1.54, 1.807) is 0 Å². The van der Waals surface area contributed by atoms with Crippen molar-refractivity contribution in [3.8, 4) is 0 Å². The van der Waals surface area contributed by atoms with Crippen molar-refractivity contribution in [2.45, 2.75) is 78.4 Å². The SMILES string of the molecule is CC(C)[Si](OCC1CC(=C=CS(C)(=O)=O)C1(C)C)(C(C)C)C(C)C. The van der Waals surface area contributed by atoms with Gasteiger partial charge in [0, 0.05) is 12.9 Å². The molecule has 0 saturated heterocycles. The van der Waals surface area contributed by atoms with E-state index < -0.39 is 18.2 Å². The van der Waals surface area contributed by atoms with Crippen LogP contribution >= 0.6 is 0 Å². The Bertz CT molecular complexity index is 587. The Morgan fingerprint density at radius 3 is 1.96 bits per heavy atom. The van der Waals surface area contributed by atoms with Gasteiger partial charge in [0.05, 0.1) is 5.41 Å². The Hall–Kier alpha value is -0.353. The van der Waals surface area contributed by atoms with E-state index in [2.05, 4.69) is 61.1 Å². The predicted molar refractivity (Wildman–Crippen MR) is 105 cm³/mol. The highest BCUT2D eigenvalue weighted by Gasteiger charge is 2.49. The number of sulfone groups is 1. The number of hydrogen-bond acceptors (Lipinski definition) is 3. The molecule has 1 atom stereocenters. The molecule has 1 saturated carbocycles. The Labute approximate surface area is 150 Å². The summed E-state index contributed by atoms with van der Waals surface area (Å²) < 4.78 is 29.3. The van der Waals surface area contributed by atoms with Crippen LogP contribution in [0.15, 0.2) is 16.7 Å². The first-order chi connectivity index (χ1) is 10.7. The topological polar surface area (TPSA) is 43.4 Å². The van der Waals surface area contributed by atoms with E-state index in [0.29, 0.717) is 22.5 Å². The van der Waals surface area contributed by atoms with Gasteiger partial charge in [0.2, 0.25) is 0 Å². The third kappa shape index (κ3) is 4.43. The Morgan fingerprint density at radius 1 is 1.17 bits per heavy atom. The van der Waals surface area contributed by atoms with Gasteiger partial charge in [-0.3, -0.25) is 0 Å². The van der Waals surface area contributed by atoms with Crippen molar-refractivity contribution in [3.63, 3.8) is 0 Å². The second kappa shape index (κ2) is 7.49. The van der Waals surface area contributed by atoms with Gasteiger partial charge < -0.3 is 4.43 Å². The van der Waals surface area contributed by atoms with Crippen LogP contribution in [-0.2, 0) is 14.3 Å². The highest BCUT2D eigenvalue weighted by Crippen LogP contribution is 2.52. The molecule has 0 heterocycles. The van der Waals surface area contributed by atoms with Gasteiger partial charge in [-0.1, -0.05) is 55.4 Å². The van der Waals surface area contributed by atoms with Gasteiger partial charge in [0.1, 0.15) is 0 Å². The summed E-state index contributed by atoms with van der Waals surface area (Å²) in [6, 6.07) is 0. The van der Waals surface area contributed by atoms with Crippen LogP contribution in [0.25, 0.3) is 0 Å². The maximum absolute atomic E-state index is 11.3. The molecular weight excluding hydrogens is 336 g/mol. The summed E-state index contributed by atoms with van der Waals surface area (Å²) in [6.45, 7) is 18.9. The summed E-state index contributed by atoms with van der Waals surface area (Å²) >= 11 is 0. The summed E-state index contributed by atoms with van der Waals surface area (Å²) in [5.74, 6) is 0.441. The van der Waals surface area contributed by atoms with E-state index in [9.17, 15) is 8.42 Å². The molecule has 0 aromatic heterocycles. The highest BCUT2D eigenvalue weighted by molar-refractivity contribution is 7.93. The molecular formula is C19H36O3SSi. The first-order valence-corrected chi connectivity index (χ1v) is 13.1. The molecule has 0 radical (unpaired) electrons. The summed E-state index contributed by atoms with van der Waals surface area (Å²) in [5.41, 5.74) is 5.81. The van der Waals surface area contributed by atoms with Crippen LogP contribution in [0, 0.1) is 11.3 Å². The minimum Gasteiger partial charge on any atom is -0.416 e. The van der Waals surface area contributed by atoms with E-state index >= 15 is 0 Å². The average molecular weight is 373 g/mol. The molecule has 0 aromatic rings. The standard InChI is InChI=1S/C19H36O3SSi/c1-14(2)24(15(3)4,16(5)6)22-13-18-12-17(19(18,7)8)10-11-23(9,20)21/h11,14-16,18H,12-13H2,1-9H3. The zero-order chi connectivity index (χ0) is 18.9. The molecule has 0 N–H and O–H groups in total. The van der Waals surface area contributed by atoms with Crippen LogP contribution in [0.4, 0.5) is 0 Å². The maximum atomic E-state index is 11.3. The summed E-state index contributed by atoms with van der Waals surface area (Å²) in [7, 11) is -4.95. The van der Waals surface area contributed by atoms with Crippen molar-refractivity contribution in [2.24, 2.45) is 11.3 Å². The lowest BCUT2D eigenvalue weighted by molar-refractivity contribution is 0.0877. The molecule has 1 fully saturated rings. The van der Waals surface area contributed by atoms with Crippen LogP contribution < -0.4 is 0 Å². The van der Waals surface area contributed by atoms with Crippen molar-refractivity contribution in [3.05, 3.63) is 16.7 Å². The third-order valence-electron chi connectivity index (χ3n) is 5.94. The molecule has 5 heteroatoms. The van der Waals surface area contributed by atoms with Crippen molar-refractivity contribution < 1.29 is 12.8 Å². The number of rotatable bonds is 7. The second-order valence-corrected chi connectivity index (χ2v) is 16.2. The zero-order valence-corrected chi connectivity index (χ0v) is 18.8. The monoisotopic (exact) mass is 372 g/mol. The fraction of sp³-hybridized carbons (Fsp3) is 0.842. The molecule has 0 spiro atoms. The second-order valence-electron chi connectivity index (χ2n) is 8.82. The van der Waals surface area contributed by atoms with Gasteiger partial charge in [-0.05, 0) is 40.0 Å². The van der Waals surface area contributed by atoms with Crippen molar-refractivity contribution >= 4 is 18.2 Å². The van der Waals surface area contributed by atoms with Gasteiger partial charge in [-0.25, -0.2) is 8.42 Å². The normalized spacial score (nSPS) is 21.2.